The predicted octanol–water partition coefficient (Wildman–Crippen LogP) is 1.38. The highest BCUT2D eigenvalue weighted by Gasteiger charge is 2.33. The highest BCUT2D eigenvalue weighted by atomic mass is 16.5. The molecule has 9 heteroatoms. The number of aryl methyl sites for hydroxylation is 1. The number of anilines is 1. The van der Waals surface area contributed by atoms with Gasteiger partial charge in [0.1, 0.15) is 6.04 Å². The van der Waals surface area contributed by atoms with E-state index in [0.29, 0.717) is 54.0 Å². The Morgan fingerprint density at radius 3 is 2.82 bits per heavy atom. The zero-order valence-corrected chi connectivity index (χ0v) is 16.2. The normalized spacial score (nSPS) is 15.8. The standard InChI is InChI=1S/C19H25N5O4/c1-4-28-13-8-7-12(10-14(13)27-3)17-16(18(20)26)11(2)21-19-22-15(6-5-9-25)23-24(17)19/h7-8,10,17,25H,4-6,9H2,1-3H3,(H2,20,26)(H,21,22,23)/t17-/m0/s1. The van der Waals surface area contributed by atoms with Crippen molar-refractivity contribution in [2.24, 2.45) is 5.73 Å². The molecule has 2 aromatic rings. The topological polar surface area (TPSA) is 125 Å². The van der Waals surface area contributed by atoms with Crippen LogP contribution < -0.4 is 20.5 Å². The third kappa shape index (κ3) is 3.65. The van der Waals surface area contributed by atoms with Crippen LogP contribution in [0.5, 0.6) is 11.5 Å². The quantitative estimate of drug-likeness (QED) is 0.625. The lowest BCUT2D eigenvalue weighted by Crippen LogP contribution is -2.31. The molecule has 1 atom stereocenters. The molecule has 0 saturated heterocycles. The van der Waals surface area contributed by atoms with Crippen molar-refractivity contribution in [3.8, 4) is 11.5 Å². The number of methoxy groups -OCH3 is 1. The van der Waals surface area contributed by atoms with Crippen LogP contribution >= 0.6 is 0 Å². The van der Waals surface area contributed by atoms with Crippen LogP contribution in [-0.2, 0) is 11.2 Å². The molecule has 4 N–H and O–H groups in total. The first-order valence-corrected chi connectivity index (χ1v) is 9.14. The Kier molecular flexibility index (Phi) is 5.84. The van der Waals surface area contributed by atoms with Gasteiger partial charge < -0.3 is 25.6 Å². The number of aliphatic hydroxyl groups excluding tert-OH is 1. The van der Waals surface area contributed by atoms with Crippen molar-refractivity contribution in [2.75, 3.05) is 25.6 Å². The van der Waals surface area contributed by atoms with Gasteiger partial charge in [0, 0.05) is 18.7 Å². The van der Waals surface area contributed by atoms with Gasteiger partial charge in [0.25, 0.3) is 0 Å². The Balaban J connectivity index is 2.11. The maximum absolute atomic E-state index is 12.2. The van der Waals surface area contributed by atoms with Crippen molar-refractivity contribution in [1.82, 2.24) is 14.8 Å². The number of benzene rings is 1. The van der Waals surface area contributed by atoms with Gasteiger partial charge in [-0.3, -0.25) is 4.79 Å². The molecule has 1 aliphatic heterocycles. The highest BCUT2D eigenvalue weighted by molar-refractivity contribution is 5.95. The first kappa shape index (κ1) is 19.7. The number of aromatic nitrogens is 3. The van der Waals surface area contributed by atoms with Gasteiger partial charge in [0.2, 0.25) is 11.9 Å². The number of rotatable bonds is 8. The summed E-state index contributed by atoms with van der Waals surface area (Å²) in [4.78, 5) is 16.7. The molecule has 1 aromatic heterocycles. The minimum Gasteiger partial charge on any atom is -0.493 e. The van der Waals surface area contributed by atoms with Gasteiger partial charge in [-0.05, 0) is 38.0 Å². The number of nitrogens with zero attached hydrogens (tertiary/aromatic N) is 3. The van der Waals surface area contributed by atoms with Crippen molar-refractivity contribution >= 4 is 11.9 Å². The maximum Gasteiger partial charge on any atom is 0.248 e. The molecular formula is C19H25N5O4. The van der Waals surface area contributed by atoms with Crippen molar-refractivity contribution < 1.29 is 19.4 Å². The van der Waals surface area contributed by atoms with Crippen LogP contribution in [0.1, 0.15) is 37.7 Å². The molecule has 0 aliphatic carbocycles. The molecule has 28 heavy (non-hydrogen) atoms. The third-order valence-corrected chi connectivity index (χ3v) is 4.52. The maximum atomic E-state index is 12.2. The molecule has 1 aromatic carbocycles. The molecule has 0 fully saturated rings. The fourth-order valence-electron chi connectivity index (χ4n) is 3.29. The van der Waals surface area contributed by atoms with Crippen molar-refractivity contribution in [1.29, 1.82) is 0 Å². The first-order valence-electron chi connectivity index (χ1n) is 9.14. The SMILES string of the molecule is CCOc1ccc([C@H]2C(C(N)=O)=C(C)Nc3nc(CCCO)nn32)cc1OC. The Hall–Kier alpha value is -3.07. The summed E-state index contributed by atoms with van der Waals surface area (Å²) in [6, 6.07) is 4.93. The van der Waals surface area contributed by atoms with Crippen LogP contribution in [0.25, 0.3) is 0 Å². The monoisotopic (exact) mass is 387 g/mol. The summed E-state index contributed by atoms with van der Waals surface area (Å²) in [5, 5.41) is 16.7. The fourth-order valence-corrected chi connectivity index (χ4v) is 3.29. The Morgan fingerprint density at radius 1 is 1.39 bits per heavy atom. The zero-order valence-electron chi connectivity index (χ0n) is 16.2. The van der Waals surface area contributed by atoms with Gasteiger partial charge in [-0.2, -0.15) is 10.1 Å². The molecule has 0 radical (unpaired) electrons. The number of hydrogen-bond acceptors (Lipinski definition) is 7. The van der Waals surface area contributed by atoms with E-state index in [2.05, 4.69) is 15.4 Å². The number of aliphatic hydroxyl groups is 1. The van der Waals surface area contributed by atoms with Crippen LogP contribution in [0.2, 0.25) is 0 Å². The fraction of sp³-hybridized carbons (Fsp3) is 0.421. The minimum absolute atomic E-state index is 0.0562. The molecule has 0 unspecified atom stereocenters. The first-order chi connectivity index (χ1) is 13.5. The molecule has 3 rings (SSSR count). The number of nitrogens with one attached hydrogen (secondary N) is 1. The summed E-state index contributed by atoms with van der Waals surface area (Å²) in [5.41, 5.74) is 7.49. The van der Waals surface area contributed by atoms with E-state index in [-0.39, 0.29) is 6.61 Å². The van der Waals surface area contributed by atoms with Crippen LogP contribution in [0.3, 0.4) is 0 Å². The molecule has 0 spiro atoms. The van der Waals surface area contributed by atoms with Gasteiger partial charge in [-0.15, -0.1) is 0 Å². The van der Waals surface area contributed by atoms with Gasteiger partial charge >= 0.3 is 0 Å². The largest absolute Gasteiger partial charge is 0.493 e. The van der Waals surface area contributed by atoms with Gasteiger partial charge in [0.15, 0.2) is 17.3 Å². The molecule has 2 heterocycles. The molecule has 9 nitrogen and oxygen atoms in total. The summed E-state index contributed by atoms with van der Waals surface area (Å²) in [6.45, 7) is 4.24. The van der Waals surface area contributed by atoms with Crippen LogP contribution in [0, 0.1) is 0 Å². The van der Waals surface area contributed by atoms with Crippen molar-refractivity contribution in [2.45, 2.75) is 32.7 Å². The number of amides is 1. The predicted molar refractivity (Wildman–Crippen MR) is 103 cm³/mol. The van der Waals surface area contributed by atoms with E-state index in [4.69, 9.17) is 20.3 Å². The molecule has 150 valence electrons. The third-order valence-electron chi connectivity index (χ3n) is 4.52. The van der Waals surface area contributed by atoms with E-state index in [1.54, 1.807) is 24.8 Å². The average molecular weight is 387 g/mol. The minimum atomic E-state index is -0.547. The van der Waals surface area contributed by atoms with E-state index >= 15 is 0 Å². The smallest absolute Gasteiger partial charge is 0.248 e. The lowest BCUT2D eigenvalue weighted by atomic mass is 9.95. The molecule has 0 bridgehead atoms. The van der Waals surface area contributed by atoms with E-state index < -0.39 is 11.9 Å². The van der Waals surface area contributed by atoms with Crippen molar-refractivity contribution in [3.05, 3.63) is 40.9 Å². The summed E-state index contributed by atoms with van der Waals surface area (Å²) < 4.78 is 12.7. The number of nitrogens with two attached hydrogens (primary N) is 1. The number of hydrogen-bond donors (Lipinski definition) is 3. The second-order valence-corrected chi connectivity index (χ2v) is 6.40. The molecule has 1 aliphatic rings. The summed E-state index contributed by atoms with van der Waals surface area (Å²) >= 11 is 0. The van der Waals surface area contributed by atoms with Crippen LogP contribution in [0.4, 0.5) is 5.95 Å². The number of carbonyl (C=O) groups excluding carboxylic acids is 1. The van der Waals surface area contributed by atoms with Gasteiger partial charge in [-0.1, -0.05) is 6.07 Å². The Labute approximate surface area is 163 Å². The van der Waals surface area contributed by atoms with E-state index in [9.17, 15) is 4.79 Å². The average Bonchev–Trinajstić information content (AvgIpc) is 3.07. The Morgan fingerprint density at radius 2 is 2.18 bits per heavy atom. The molecule has 0 saturated carbocycles. The van der Waals surface area contributed by atoms with Crippen molar-refractivity contribution in [3.63, 3.8) is 0 Å². The van der Waals surface area contributed by atoms with Crippen LogP contribution in [-0.4, -0.2) is 46.1 Å². The molecular weight excluding hydrogens is 362 g/mol. The number of primary amides is 1. The highest BCUT2D eigenvalue weighted by Crippen LogP contribution is 2.38. The lowest BCUT2D eigenvalue weighted by molar-refractivity contribution is -0.115. The van der Waals surface area contributed by atoms with E-state index in [0.717, 1.165) is 5.56 Å². The summed E-state index contributed by atoms with van der Waals surface area (Å²) in [6.07, 6.45) is 1.09. The van der Waals surface area contributed by atoms with E-state index in [1.807, 2.05) is 19.1 Å². The summed E-state index contributed by atoms with van der Waals surface area (Å²) in [7, 11) is 1.56. The number of allylic oxidation sites excluding steroid dienone is 1. The zero-order chi connectivity index (χ0) is 20.3. The molecule has 1 amide bonds. The summed E-state index contributed by atoms with van der Waals surface area (Å²) in [5.74, 6) is 1.74. The number of fused-ring (bicyclic) bond motifs is 1. The van der Waals surface area contributed by atoms with Gasteiger partial charge in [0.05, 0.1) is 19.3 Å². The second-order valence-electron chi connectivity index (χ2n) is 6.40. The Bertz CT molecular complexity index is 906. The van der Waals surface area contributed by atoms with Crippen LogP contribution in [0.15, 0.2) is 29.5 Å². The second kappa shape index (κ2) is 8.30. The number of ether oxygens (including phenoxy) is 2. The van der Waals surface area contributed by atoms with E-state index in [1.165, 1.54) is 0 Å². The lowest BCUT2D eigenvalue weighted by Gasteiger charge is -2.28. The van der Waals surface area contributed by atoms with Gasteiger partial charge in [-0.25, -0.2) is 4.68 Å². The number of carbonyl (C=O) groups is 1.